The smallest absolute Gasteiger partial charge is 0.0411 e. The van der Waals surface area contributed by atoms with E-state index in [1.54, 1.807) is 0 Å². The van der Waals surface area contributed by atoms with E-state index in [-0.39, 0.29) is 0 Å². The second-order valence-electron chi connectivity index (χ2n) is 6.46. The first-order valence-electron chi connectivity index (χ1n) is 8.47. The molecule has 2 heteroatoms. The highest BCUT2D eigenvalue weighted by molar-refractivity contribution is 5.54. The maximum absolute atomic E-state index is 3.71. The molecule has 0 radical (unpaired) electrons. The molecular weight excluding hydrogens is 244 g/mol. The number of hydrogen-bond donors (Lipinski definition) is 1. The Morgan fingerprint density at radius 3 is 2.50 bits per heavy atom. The zero-order chi connectivity index (χ0) is 13.6. The van der Waals surface area contributed by atoms with Gasteiger partial charge in [0, 0.05) is 25.3 Å². The molecule has 1 aliphatic carbocycles. The molecule has 2 fully saturated rings. The lowest BCUT2D eigenvalue weighted by Gasteiger charge is -2.24. The van der Waals surface area contributed by atoms with E-state index in [0.29, 0.717) is 0 Å². The number of rotatable bonds is 5. The summed E-state index contributed by atoms with van der Waals surface area (Å²) in [6.45, 7) is 4.71. The van der Waals surface area contributed by atoms with Crippen LogP contribution in [0.25, 0.3) is 0 Å². The van der Waals surface area contributed by atoms with Crippen LogP contribution in [0, 0.1) is 5.92 Å². The number of benzene rings is 1. The van der Waals surface area contributed by atoms with Gasteiger partial charge < -0.3 is 10.2 Å². The number of hydrogen-bond acceptors (Lipinski definition) is 2. The van der Waals surface area contributed by atoms with Crippen molar-refractivity contribution in [3.05, 3.63) is 29.8 Å². The summed E-state index contributed by atoms with van der Waals surface area (Å²) in [7, 11) is 0. The third-order valence-electron chi connectivity index (χ3n) is 4.91. The minimum Gasteiger partial charge on any atom is -0.371 e. The molecule has 1 N–H and O–H groups in total. The maximum Gasteiger partial charge on any atom is 0.0411 e. The molecule has 2 nitrogen and oxygen atoms in total. The summed E-state index contributed by atoms with van der Waals surface area (Å²) in [6, 6.07) is 8.94. The summed E-state index contributed by atoms with van der Waals surface area (Å²) in [5.41, 5.74) is 2.94. The van der Waals surface area contributed by atoms with Crippen LogP contribution < -0.4 is 10.2 Å². The van der Waals surface area contributed by atoms with E-state index in [2.05, 4.69) is 34.5 Å². The molecule has 1 aromatic rings. The molecule has 20 heavy (non-hydrogen) atoms. The van der Waals surface area contributed by atoms with Crippen LogP contribution in [0.5, 0.6) is 0 Å². The van der Waals surface area contributed by atoms with E-state index in [1.165, 1.54) is 75.8 Å². The van der Waals surface area contributed by atoms with Gasteiger partial charge >= 0.3 is 0 Å². The highest BCUT2D eigenvalue weighted by Gasteiger charge is 2.16. The lowest BCUT2D eigenvalue weighted by Crippen LogP contribution is -2.26. The summed E-state index contributed by atoms with van der Waals surface area (Å²) in [5, 5.41) is 3.71. The van der Waals surface area contributed by atoms with Gasteiger partial charge in [-0.3, -0.25) is 0 Å². The standard InChI is InChI=1S/C18H28N2/c1-2-8-16(9-3-1)14-19-15-17-10-4-5-11-18(17)20-12-6-7-13-20/h4-5,10-11,16,19H,1-3,6-9,12-15H2. The number of nitrogens with one attached hydrogen (secondary N) is 1. The van der Waals surface area contributed by atoms with Crippen LogP contribution >= 0.6 is 0 Å². The van der Waals surface area contributed by atoms with Gasteiger partial charge in [0.2, 0.25) is 0 Å². The van der Waals surface area contributed by atoms with Crippen LogP contribution in [-0.4, -0.2) is 19.6 Å². The third-order valence-corrected chi connectivity index (χ3v) is 4.91. The number of para-hydroxylation sites is 1. The van der Waals surface area contributed by atoms with Gasteiger partial charge in [0.1, 0.15) is 0 Å². The molecule has 0 aromatic heterocycles. The lowest BCUT2D eigenvalue weighted by molar-refractivity contribution is 0.342. The van der Waals surface area contributed by atoms with Gasteiger partial charge in [-0.2, -0.15) is 0 Å². The van der Waals surface area contributed by atoms with Gasteiger partial charge in [-0.25, -0.2) is 0 Å². The highest BCUT2D eigenvalue weighted by Crippen LogP contribution is 2.25. The van der Waals surface area contributed by atoms with Crippen molar-refractivity contribution in [2.45, 2.75) is 51.5 Å². The van der Waals surface area contributed by atoms with Crippen LogP contribution in [0.4, 0.5) is 5.69 Å². The minimum atomic E-state index is 0.919. The quantitative estimate of drug-likeness (QED) is 0.873. The molecule has 1 aliphatic heterocycles. The predicted molar refractivity (Wildman–Crippen MR) is 86.2 cm³/mol. The zero-order valence-electron chi connectivity index (χ0n) is 12.6. The van der Waals surface area contributed by atoms with Crippen molar-refractivity contribution in [3.8, 4) is 0 Å². The van der Waals surface area contributed by atoms with Crippen molar-refractivity contribution in [1.29, 1.82) is 0 Å². The van der Waals surface area contributed by atoms with E-state index < -0.39 is 0 Å². The molecule has 110 valence electrons. The van der Waals surface area contributed by atoms with Gasteiger partial charge in [0.15, 0.2) is 0 Å². The maximum atomic E-state index is 3.71. The molecule has 0 amide bonds. The average molecular weight is 272 g/mol. The first-order valence-corrected chi connectivity index (χ1v) is 8.47. The largest absolute Gasteiger partial charge is 0.371 e. The highest BCUT2D eigenvalue weighted by atomic mass is 15.1. The van der Waals surface area contributed by atoms with Gasteiger partial charge in [-0.15, -0.1) is 0 Å². The average Bonchev–Trinajstić information content (AvgIpc) is 3.03. The zero-order valence-corrected chi connectivity index (χ0v) is 12.6. The van der Waals surface area contributed by atoms with E-state index in [0.717, 1.165) is 12.5 Å². The fourth-order valence-corrected chi connectivity index (χ4v) is 3.73. The van der Waals surface area contributed by atoms with Gasteiger partial charge in [0.05, 0.1) is 0 Å². The van der Waals surface area contributed by atoms with Crippen molar-refractivity contribution >= 4 is 5.69 Å². The molecule has 3 rings (SSSR count). The Hall–Kier alpha value is -1.02. The van der Waals surface area contributed by atoms with E-state index in [1.807, 2.05) is 0 Å². The molecule has 0 spiro atoms. The van der Waals surface area contributed by atoms with Crippen molar-refractivity contribution in [2.75, 3.05) is 24.5 Å². The fraction of sp³-hybridized carbons (Fsp3) is 0.667. The molecule has 1 aromatic carbocycles. The summed E-state index contributed by atoms with van der Waals surface area (Å²) < 4.78 is 0. The second kappa shape index (κ2) is 7.12. The van der Waals surface area contributed by atoms with Crippen LogP contribution in [0.15, 0.2) is 24.3 Å². The van der Waals surface area contributed by atoms with Gasteiger partial charge in [-0.1, -0.05) is 37.5 Å². The minimum absolute atomic E-state index is 0.919. The third kappa shape index (κ3) is 3.54. The molecule has 1 saturated carbocycles. The SMILES string of the molecule is c1ccc(N2CCCC2)c(CNCC2CCCCC2)c1. The van der Waals surface area contributed by atoms with Crippen molar-refractivity contribution in [3.63, 3.8) is 0 Å². The van der Waals surface area contributed by atoms with Crippen molar-refractivity contribution in [1.82, 2.24) is 5.32 Å². The second-order valence-corrected chi connectivity index (χ2v) is 6.46. The molecule has 0 bridgehead atoms. The Kier molecular flexibility index (Phi) is 4.96. The van der Waals surface area contributed by atoms with Crippen LogP contribution in [0.1, 0.15) is 50.5 Å². The van der Waals surface area contributed by atoms with E-state index >= 15 is 0 Å². The van der Waals surface area contributed by atoms with E-state index in [4.69, 9.17) is 0 Å². The van der Waals surface area contributed by atoms with Crippen molar-refractivity contribution in [2.24, 2.45) is 5.92 Å². The molecule has 2 aliphatic rings. The Labute approximate surface area is 123 Å². The normalized spacial score (nSPS) is 20.5. The summed E-state index contributed by atoms with van der Waals surface area (Å²) >= 11 is 0. The monoisotopic (exact) mass is 272 g/mol. The first kappa shape index (κ1) is 13.9. The van der Waals surface area contributed by atoms with Crippen LogP contribution in [0.2, 0.25) is 0 Å². The van der Waals surface area contributed by atoms with E-state index in [9.17, 15) is 0 Å². The van der Waals surface area contributed by atoms with Gasteiger partial charge in [-0.05, 0) is 49.8 Å². The molecule has 0 unspecified atom stereocenters. The van der Waals surface area contributed by atoms with Crippen LogP contribution in [-0.2, 0) is 6.54 Å². The molecule has 0 atom stereocenters. The summed E-state index contributed by atoms with van der Waals surface area (Å²) in [5.74, 6) is 0.919. The topological polar surface area (TPSA) is 15.3 Å². The Balaban J connectivity index is 1.53. The Morgan fingerprint density at radius 2 is 1.70 bits per heavy atom. The van der Waals surface area contributed by atoms with Crippen LogP contribution in [0.3, 0.4) is 0 Å². The van der Waals surface area contributed by atoms with Gasteiger partial charge in [0.25, 0.3) is 0 Å². The molecule has 1 saturated heterocycles. The Bertz CT molecular complexity index is 404. The predicted octanol–water partition coefficient (Wildman–Crippen LogP) is 3.96. The lowest BCUT2D eigenvalue weighted by atomic mass is 9.89. The molecular formula is C18H28N2. The fourth-order valence-electron chi connectivity index (χ4n) is 3.73. The number of nitrogens with zero attached hydrogens (tertiary/aromatic N) is 1. The Morgan fingerprint density at radius 1 is 0.950 bits per heavy atom. The summed E-state index contributed by atoms with van der Waals surface area (Å²) in [6.07, 6.45) is 9.90. The molecule has 1 heterocycles. The first-order chi connectivity index (χ1) is 9.93. The van der Waals surface area contributed by atoms with Crippen molar-refractivity contribution < 1.29 is 0 Å². The summed E-state index contributed by atoms with van der Waals surface area (Å²) in [4.78, 5) is 2.55. The number of anilines is 1.